The fourth-order valence-corrected chi connectivity index (χ4v) is 2.87. The second-order valence-electron chi connectivity index (χ2n) is 5.64. The molecule has 2 heteroatoms. The zero-order valence-corrected chi connectivity index (χ0v) is 11.8. The second kappa shape index (κ2) is 7.50. The minimum Gasteiger partial charge on any atom is -0.0938 e. The zero-order valence-electron chi connectivity index (χ0n) is 11.8. The van der Waals surface area contributed by atoms with E-state index < -0.39 is 0 Å². The Kier molecular flexibility index (Phi) is 5.63. The van der Waals surface area contributed by atoms with E-state index in [1.807, 2.05) is 11.7 Å². The van der Waals surface area contributed by atoms with Gasteiger partial charge in [0.2, 0.25) is 0 Å². The molecule has 0 spiro atoms. The lowest BCUT2D eigenvalue weighted by Crippen LogP contribution is -2.34. The van der Waals surface area contributed by atoms with Crippen LogP contribution in [0.1, 0.15) is 69.0 Å². The topological polar surface area (TPSA) is 16.8 Å². The third-order valence-electron chi connectivity index (χ3n) is 4.00. The van der Waals surface area contributed by atoms with Gasteiger partial charge in [-0.3, -0.25) is 0 Å². The molecule has 0 aromatic carbocycles. The van der Waals surface area contributed by atoms with Crippen molar-refractivity contribution in [1.29, 1.82) is 0 Å². The Balaban J connectivity index is 2.01. The standard InChI is InChI=1S/C16H27N2/c1-18-14-13-15-11-9-7-5-3-2-4-6-8-10-12-16(15)17-18/h13-14H,2-12H2,1H3/q+1. The third kappa shape index (κ3) is 4.40. The molecule has 0 saturated heterocycles. The molecule has 2 nitrogen and oxygen atoms in total. The molecule has 0 atom stereocenters. The Bertz CT molecular complexity index is 360. The summed E-state index contributed by atoms with van der Waals surface area (Å²) < 4.78 is 1.96. The molecule has 1 aromatic heterocycles. The predicted octanol–water partition coefficient (Wildman–Crippen LogP) is 3.52. The summed E-state index contributed by atoms with van der Waals surface area (Å²) in [6, 6.07) is 2.28. The van der Waals surface area contributed by atoms with Gasteiger partial charge in [-0.25, -0.2) is 0 Å². The molecule has 0 saturated carbocycles. The normalized spacial score (nSPS) is 19.2. The van der Waals surface area contributed by atoms with Gasteiger partial charge < -0.3 is 0 Å². The van der Waals surface area contributed by atoms with Crippen LogP contribution < -0.4 is 4.68 Å². The summed E-state index contributed by atoms with van der Waals surface area (Å²) >= 11 is 0. The highest BCUT2D eigenvalue weighted by Crippen LogP contribution is 2.16. The van der Waals surface area contributed by atoms with Crippen LogP contribution in [0.3, 0.4) is 0 Å². The first-order valence-electron chi connectivity index (χ1n) is 7.71. The lowest BCUT2D eigenvalue weighted by molar-refractivity contribution is -0.731. The molecule has 0 bridgehead atoms. The van der Waals surface area contributed by atoms with Gasteiger partial charge in [-0.15, -0.1) is 0 Å². The molecule has 0 unspecified atom stereocenters. The Labute approximate surface area is 111 Å². The Morgan fingerprint density at radius 2 is 1.39 bits per heavy atom. The summed E-state index contributed by atoms with van der Waals surface area (Å²) in [7, 11) is 2.03. The molecule has 2 rings (SSSR count). The van der Waals surface area contributed by atoms with E-state index in [0.717, 1.165) is 0 Å². The van der Waals surface area contributed by atoms with Gasteiger partial charge in [0.05, 0.1) is 0 Å². The van der Waals surface area contributed by atoms with Gasteiger partial charge in [0.15, 0.2) is 13.2 Å². The van der Waals surface area contributed by atoms with Crippen molar-refractivity contribution >= 4 is 0 Å². The highest BCUT2D eigenvalue weighted by Gasteiger charge is 2.09. The maximum Gasteiger partial charge on any atom is 0.196 e. The van der Waals surface area contributed by atoms with Gasteiger partial charge >= 0.3 is 0 Å². The number of fused-ring (bicyclic) bond motifs is 1. The average molecular weight is 247 g/mol. The van der Waals surface area contributed by atoms with Crippen LogP contribution in [-0.2, 0) is 19.9 Å². The molecule has 1 aliphatic rings. The molecule has 0 amide bonds. The number of rotatable bonds is 0. The van der Waals surface area contributed by atoms with Crippen molar-refractivity contribution in [2.24, 2.45) is 7.05 Å². The second-order valence-corrected chi connectivity index (χ2v) is 5.64. The van der Waals surface area contributed by atoms with Crippen LogP contribution >= 0.6 is 0 Å². The van der Waals surface area contributed by atoms with Crippen molar-refractivity contribution in [2.45, 2.75) is 70.6 Å². The van der Waals surface area contributed by atoms with Gasteiger partial charge in [0, 0.05) is 6.07 Å². The van der Waals surface area contributed by atoms with Crippen LogP contribution in [0.15, 0.2) is 12.3 Å². The summed E-state index contributed by atoms with van der Waals surface area (Å²) in [5, 5.41) is 4.68. The van der Waals surface area contributed by atoms with E-state index in [0.29, 0.717) is 0 Å². The Morgan fingerprint density at radius 1 is 0.833 bits per heavy atom. The van der Waals surface area contributed by atoms with Crippen molar-refractivity contribution < 1.29 is 4.68 Å². The fourth-order valence-electron chi connectivity index (χ4n) is 2.87. The number of hydrogen-bond acceptors (Lipinski definition) is 1. The Morgan fingerprint density at radius 3 is 2.06 bits per heavy atom. The van der Waals surface area contributed by atoms with Gasteiger partial charge in [0.1, 0.15) is 5.69 Å². The van der Waals surface area contributed by atoms with E-state index in [9.17, 15) is 0 Å². The van der Waals surface area contributed by atoms with Crippen molar-refractivity contribution in [2.75, 3.05) is 0 Å². The lowest BCUT2D eigenvalue weighted by atomic mass is 10.0. The molecule has 1 heterocycles. The van der Waals surface area contributed by atoms with Gasteiger partial charge in [-0.2, -0.15) is 0 Å². The van der Waals surface area contributed by atoms with Gasteiger partial charge in [0.25, 0.3) is 0 Å². The molecule has 0 N–H and O–H groups in total. The number of hydrogen-bond donors (Lipinski definition) is 0. The van der Waals surface area contributed by atoms with E-state index in [2.05, 4.69) is 17.4 Å². The minimum atomic E-state index is 1.17. The minimum absolute atomic E-state index is 1.17. The summed E-state index contributed by atoms with van der Waals surface area (Å²) in [5.41, 5.74) is 2.84. The molecular weight excluding hydrogens is 220 g/mol. The average Bonchev–Trinajstić information content (AvgIpc) is 2.39. The van der Waals surface area contributed by atoms with E-state index in [4.69, 9.17) is 0 Å². The van der Waals surface area contributed by atoms with Crippen molar-refractivity contribution in [1.82, 2.24) is 5.10 Å². The lowest BCUT2D eigenvalue weighted by Gasteiger charge is -2.05. The molecule has 0 fully saturated rings. The molecule has 18 heavy (non-hydrogen) atoms. The van der Waals surface area contributed by atoms with Crippen LogP contribution in [0.5, 0.6) is 0 Å². The van der Waals surface area contributed by atoms with E-state index >= 15 is 0 Å². The highest BCUT2D eigenvalue weighted by atomic mass is 15.2. The Hall–Kier alpha value is -0.920. The molecular formula is C16H27N2+. The monoisotopic (exact) mass is 247 g/mol. The molecule has 1 aliphatic carbocycles. The first-order chi connectivity index (χ1) is 8.86. The van der Waals surface area contributed by atoms with Crippen LogP contribution in [0, 0.1) is 0 Å². The third-order valence-corrected chi connectivity index (χ3v) is 4.00. The molecule has 0 radical (unpaired) electrons. The van der Waals surface area contributed by atoms with Crippen LogP contribution in [0.4, 0.5) is 0 Å². The van der Waals surface area contributed by atoms with Crippen molar-refractivity contribution in [3.8, 4) is 0 Å². The SMILES string of the molecule is C[n+]1ccc2c(n1)CCCCCCCCCCC2. The van der Waals surface area contributed by atoms with Crippen LogP contribution in [0.25, 0.3) is 0 Å². The quantitative estimate of drug-likeness (QED) is 0.641. The summed E-state index contributed by atoms with van der Waals surface area (Å²) in [6.07, 6.45) is 17.0. The van der Waals surface area contributed by atoms with Crippen molar-refractivity contribution in [3.05, 3.63) is 23.5 Å². The van der Waals surface area contributed by atoms with E-state index in [1.54, 1.807) is 0 Å². The van der Waals surface area contributed by atoms with Crippen LogP contribution in [-0.4, -0.2) is 5.10 Å². The molecule has 0 aliphatic heterocycles. The summed E-state index contributed by atoms with van der Waals surface area (Å²) in [6.45, 7) is 0. The van der Waals surface area contributed by atoms with Crippen molar-refractivity contribution in [3.63, 3.8) is 0 Å². The van der Waals surface area contributed by atoms with Gasteiger partial charge in [-0.05, 0) is 36.3 Å². The maximum atomic E-state index is 4.68. The molecule has 100 valence electrons. The van der Waals surface area contributed by atoms with E-state index in [1.165, 1.54) is 81.9 Å². The fraction of sp³-hybridized carbons (Fsp3) is 0.750. The number of nitrogens with zero attached hydrogens (tertiary/aromatic N) is 2. The van der Waals surface area contributed by atoms with Crippen LogP contribution in [0.2, 0.25) is 0 Å². The largest absolute Gasteiger partial charge is 0.196 e. The first kappa shape index (κ1) is 13.5. The maximum absolute atomic E-state index is 4.68. The van der Waals surface area contributed by atoms with E-state index in [-0.39, 0.29) is 0 Å². The zero-order chi connectivity index (χ0) is 12.6. The van der Waals surface area contributed by atoms with Gasteiger partial charge in [-0.1, -0.05) is 49.6 Å². The first-order valence-corrected chi connectivity index (χ1v) is 7.71. The number of aryl methyl sites for hydroxylation is 3. The number of aromatic nitrogens is 2. The summed E-state index contributed by atoms with van der Waals surface area (Å²) in [4.78, 5) is 0. The summed E-state index contributed by atoms with van der Waals surface area (Å²) in [5.74, 6) is 0. The highest BCUT2D eigenvalue weighted by molar-refractivity contribution is 5.16. The smallest absolute Gasteiger partial charge is 0.0938 e. The molecule has 1 aromatic rings. The predicted molar refractivity (Wildman–Crippen MR) is 74.4 cm³/mol.